The SMILES string of the molecule is COc1cccc(CC2(O)CCCC(C)C2C)c1F. The predicted molar refractivity (Wildman–Crippen MR) is 73.8 cm³/mol. The highest BCUT2D eigenvalue weighted by molar-refractivity contribution is 5.32. The highest BCUT2D eigenvalue weighted by Gasteiger charge is 2.40. The molecule has 1 aromatic rings. The minimum Gasteiger partial charge on any atom is -0.494 e. The van der Waals surface area contributed by atoms with E-state index in [-0.39, 0.29) is 17.5 Å². The Balaban J connectivity index is 2.25. The van der Waals surface area contributed by atoms with Gasteiger partial charge >= 0.3 is 0 Å². The molecule has 19 heavy (non-hydrogen) atoms. The Labute approximate surface area is 114 Å². The van der Waals surface area contributed by atoms with E-state index >= 15 is 0 Å². The average Bonchev–Trinajstić information content (AvgIpc) is 2.39. The molecule has 0 heterocycles. The van der Waals surface area contributed by atoms with Gasteiger partial charge in [0.05, 0.1) is 12.7 Å². The van der Waals surface area contributed by atoms with Gasteiger partial charge in [-0.2, -0.15) is 0 Å². The van der Waals surface area contributed by atoms with Crippen molar-refractivity contribution in [2.24, 2.45) is 11.8 Å². The molecule has 0 radical (unpaired) electrons. The van der Waals surface area contributed by atoms with Crippen LogP contribution in [-0.2, 0) is 6.42 Å². The summed E-state index contributed by atoms with van der Waals surface area (Å²) in [6, 6.07) is 5.12. The molecule has 1 saturated carbocycles. The van der Waals surface area contributed by atoms with Gasteiger partial charge in [-0.05, 0) is 29.9 Å². The maximum Gasteiger partial charge on any atom is 0.168 e. The van der Waals surface area contributed by atoms with Gasteiger partial charge in [0.2, 0.25) is 0 Å². The maximum absolute atomic E-state index is 14.2. The van der Waals surface area contributed by atoms with Gasteiger partial charge in [-0.3, -0.25) is 0 Å². The van der Waals surface area contributed by atoms with Crippen LogP contribution in [0.4, 0.5) is 4.39 Å². The normalized spacial score (nSPS) is 31.2. The minimum atomic E-state index is -0.801. The summed E-state index contributed by atoms with van der Waals surface area (Å²) >= 11 is 0. The van der Waals surface area contributed by atoms with E-state index < -0.39 is 5.60 Å². The lowest BCUT2D eigenvalue weighted by Gasteiger charge is -2.42. The Morgan fingerprint density at radius 3 is 2.84 bits per heavy atom. The van der Waals surface area contributed by atoms with E-state index in [4.69, 9.17) is 4.74 Å². The van der Waals surface area contributed by atoms with E-state index in [1.807, 2.05) is 0 Å². The zero-order valence-corrected chi connectivity index (χ0v) is 11.9. The van der Waals surface area contributed by atoms with Crippen molar-refractivity contribution in [2.45, 2.75) is 45.1 Å². The quantitative estimate of drug-likeness (QED) is 0.906. The number of rotatable bonds is 3. The van der Waals surface area contributed by atoms with Crippen molar-refractivity contribution in [1.29, 1.82) is 0 Å². The van der Waals surface area contributed by atoms with Crippen LogP contribution < -0.4 is 4.74 Å². The summed E-state index contributed by atoms with van der Waals surface area (Å²) in [5.74, 6) is 0.570. The molecular weight excluding hydrogens is 243 g/mol. The number of hydrogen-bond donors (Lipinski definition) is 1. The molecule has 0 amide bonds. The first-order chi connectivity index (χ1) is 8.98. The summed E-state index contributed by atoms with van der Waals surface area (Å²) in [6.45, 7) is 4.23. The Morgan fingerprint density at radius 2 is 2.16 bits per heavy atom. The fourth-order valence-corrected chi connectivity index (χ4v) is 3.17. The van der Waals surface area contributed by atoms with Crippen LogP contribution in [0.15, 0.2) is 18.2 Å². The van der Waals surface area contributed by atoms with E-state index in [2.05, 4.69) is 13.8 Å². The zero-order chi connectivity index (χ0) is 14.0. The largest absolute Gasteiger partial charge is 0.494 e. The second-order valence-electron chi connectivity index (χ2n) is 5.87. The van der Waals surface area contributed by atoms with Crippen molar-refractivity contribution < 1.29 is 14.2 Å². The third kappa shape index (κ3) is 2.76. The van der Waals surface area contributed by atoms with Crippen molar-refractivity contribution in [3.63, 3.8) is 0 Å². The van der Waals surface area contributed by atoms with E-state index in [0.29, 0.717) is 17.9 Å². The number of aliphatic hydroxyl groups is 1. The fraction of sp³-hybridized carbons (Fsp3) is 0.625. The lowest BCUT2D eigenvalue weighted by molar-refractivity contribution is -0.0626. The molecule has 3 unspecified atom stereocenters. The summed E-state index contributed by atoms with van der Waals surface area (Å²) in [6.07, 6.45) is 3.26. The highest BCUT2D eigenvalue weighted by atomic mass is 19.1. The molecule has 0 saturated heterocycles. The Hall–Kier alpha value is -1.09. The van der Waals surface area contributed by atoms with Crippen molar-refractivity contribution >= 4 is 0 Å². The van der Waals surface area contributed by atoms with Crippen LogP contribution in [0, 0.1) is 17.7 Å². The van der Waals surface area contributed by atoms with Gasteiger partial charge < -0.3 is 9.84 Å². The molecule has 1 aromatic carbocycles. The number of methoxy groups -OCH3 is 1. The van der Waals surface area contributed by atoms with Crippen molar-refractivity contribution in [3.05, 3.63) is 29.6 Å². The zero-order valence-electron chi connectivity index (χ0n) is 11.9. The molecule has 1 fully saturated rings. The van der Waals surface area contributed by atoms with Crippen molar-refractivity contribution in [1.82, 2.24) is 0 Å². The molecule has 0 aromatic heterocycles. The highest BCUT2D eigenvalue weighted by Crippen LogP contribution is 2.40. The molecule has 0 aliphatic heterocycles. The minimum absolute atomic E-state index is 0.187. The van der Waals surface area contributed by atoms with Gasteiger partial charge in [0.25, 0.3) is 0 Å². The van der Waals surface area contributed by atoms with E-state index in [0.717, 1.165) is 19.3 Å². The van der Waals surface area contributed by atoms with Crippen LogP contribution in [-0.4, -0.2) is 17.8 Å². The molecule has 0 spiro atoms. The number of benzene rings is 1. The first kappa shape index (κ1) is 14.3. The van der Waals surface area contributed by atoms with Gasteiger partial charge in [-0.1, -0.05) is 38.8 Å². The van der Waals surface area contributed by atoms with Crippen LogP contribution in [0.3, 0.4) is 0 Å². The first-order valence-electron chi connectivity index (χ1n) is 7.01. The lowest BCUT2D eigenvalue weighted by atomic mass is 9.68. The van der Waals surface area contributed by atoms with Gasteiger partial charge in [0, 0.05) is 6.42 Å². The molecule has 2 rings (SSSR count). The Kier molecular flexibility index (Phi) is 4.14. The summed E-state index contributed by atoms with van der Waals surface area (Å²) < 4.78 is 19.2. The third-order valence-electron chi connectivity index (χ3n) is 4.73. The standard InChI is InChI=1S/C16H23FO2/c1-11-6-5-9-16(18,12(11)2)10-13-7-4-8-14(19-3)15(13)17/h4,7-8,11-12,18H,5-6,9-10H2,1-3H3. The molecule has 3 atom stereocenters. The van der Waals surface area contributed by atoms with Gasteiger partial charge in [-0.25, -0.2) is 4.39 Å². The maximum atomic E-state index is 14.2. The predicted octanol–water partition coefficient (Wildman–Crippen LogP) is 3.56. The van der Waals surface area contributed by atoms with Crippen LogP contribution in [0.1, 0.15) is 38.7 Å². The summed E-state index contributed by atoms with van der Waals surface area (Å²) in [4.78, 5) is 0. The molecule has 2 nitrogen and oxygen atoms in total. The molecule has 0 bridgehead atoms. The smallest absolute Gasteiger partial charge is 0.168 e. The molecule has 1 N–H and O–H groups in total. The second-order valence-corrected chi connectivity index (χ2v) is 5.87. The topological polar surface area (TPSA) is 29.5 Å². The monoisotopic (exact) mass is 266 g/mol. The van der Waals surface area contributed by atoms with Gasteiger partial charge in [-0.15, -0.1) is 0 Å². The first-order valence-corrected chi connectivity index (χ1v) is 7.01. The van der Waals surface area contributed by atoms with E-state index in [1.165, 1.54) is 7.11 Å². The van der Waals surface area contributed by atoms with Crippen molar-refractivity contribution in [3.8, 4) is 5.75 Å². The molecule has 106 valence electrons. The number of hydrogen-bond acceptors (Lipinski definition) is 2. The molecule has 1 aliphatic carbocycles. The molecule has 1 aliphatic rings. The lowest BCUT2D eigenvalue weighted by Crippen LogP contribution is -2.45. The van der Waals surface area contributed by atoms with E-state index in [9.17, 15) is 9.50 Å². The van der Waals surface area contributed by atoms with Crippen LogP contribution in [0.25, 0.3) is 0 Å². The van der Waals surface area contributed by atoms with Gasteiger partial charge in [0.1, 0.15) is 0 Å². The average molecular weight is 266 g/mol. The summed E-state index contributed by atoms with van der Waals surface area (Å²) in [5, 5.41) is 10.8. The van der Waals surface area contributed by atoms with Crippen LogP contribution in [0.5, 0.6) is 5.75 Å². The Bertz CT molecular complexity index is 446. The fourth-order valence-electron chi connectivity index (χ4n) is 3.17. The van der Waals surface area contributed by atoms with Gasteiger partial charge in [0.15, 0.2) is 11.6 Å². The van der Waals surface area contributed by atoms with Crippen LogP contribution >= 0.6 is 0 Å². The molecule has 3 heteroatoms. The summed E-state index contributed by atoms with van der Waals surface area (Å²) in [7, 11) is 1.46. The number of halogens is 1. The van der Waals surface area contributed by atoms with Crippen LogP contribution in [0.2, 0.25) is 0 Å². The Morgan fingerprint density at radius 1 is 1.42 bits per heavy atom. The third-order valence-corrected chi connectivity index (χ3v) is 4.73. The van der Waals surface area contributed by atoms with E-state index in [1.54, 1.807) is 18.2 Å². The second kappa shape index (κ2) is 5.49. The summed E-state index contributed by atoms with van der Waals surface area (Å²) in [5.41, 5.74) is -0.256. The number of ether oxygens (including phenoxy) is 1. The van der Waals surface area contributed by atoms with Crippen molar-refractivity contribution in [2.75, 3.05) is 7.11 Å². The molecular formula is C16H23FO2.